The summed E-state index contributed by atoms with van der Waals surface area (Å²) >= 11 is 6.07. The molecule has 0 bridgehead atoms. The molecule has 1 aromatic carbocycles. The van der Waals surface area contributed by atoms with E-state index in [0.29, 0.717) is 13.1 Å². The molecule has 0 saturated carbocycles. The fourth-order valence-corrected chi connectivity index (χ4v) is 5.00. The summed E-state index contributed by atoms with van der Waals surface area (Å²) in [5.74, 6) is 0. The van der Waals surface area contributed by atoms with E-state index < -0.39 is 10.0 Å². The van der Waals surface area contributed by atoms with E-state index in [2.05, 4.69) is 4.57 Å². The lowest BCUT2D eigenvalue weighted by atomic mass is 10.2. The van der Waals surface area contributed by atoms with Gasteiger partial charge in [0.25, 0.3) is 0 Å². The molecule has 0 saturated heterocycles. The second-order valence-electron chi connectivity index (χ2n) is 5.27. The quantitative estimate of drug-likeness (QED) is 0.851. The summed E-state index contributed by atoms with van der Waals surface area (Å²) in [5.41, 5.74) is 2.18. The first-order chi connectivity index (χ1) is 9.93. The van der Waals surface area contributed by atoms with Crippen LogP contribution in [0.3, 0.4) is 0 Å². The predicted molar refractivity (Wildman–Crippen MR) is 82.9 cm³/mol. The molecule has 0 amide bonds. The van der Waals surface area contributed by atoms with E-state index in [1.807, 2.05) is 26.0 Å². The molecule has 4 nitrogen and oxygen atoms in total. The summed E-state index contributed by atoms with van der Waals surface area (Å²) in [7, 11) is -3.59. The van der Waals surface area contributed by atoms with Gasteiger partial charge < -0.3 is 4.57 Å². The Kier molecular flexibility index (Phi) is 3.59. The molecule has 6 heteroatoms. The van der Waals surface area contributed by atoms with Gasteiger partial charge >= 0.3 is 0 Å². The Labute approximate surface area is 130 Å². The van der Waals surface area contributed by atoms with E-state index in [-0.39, 0.29) is 16.0 Å². The molecule has 1 atom stereocenters. The zero-order valence-electron chi connectivity index (χ0n) is 12.0. The number of aryl methyl sites for hydroxylation is 1. The van der Waals surface area contributed by atoms with Crippen LogP contribution in [-0.2, 0) is 16.6 Å². The first-order valence-electron chi connectivity index (χ1n) is 6.85. The zero-order chi connectivity index (χ0) is 15.2. The molecule has 3 rings (SSSR count). The number of nitrogens with zero attached hydrogens (tertiary/aromatic N) is 2. The zero-order valence-corrected chi connectivity index (χ0v) is 13.5. The van der Waals surface area contributed by atoms with Crippen LogP contribution in [0.4, 0.5) is 0 Å². The largest absolute Gasteiger partial charge is 0.346 e. The number of sulfonamides is 1. The Bertz CT molecular complexity index is 783. The number of benzene rings is 1. The van der Waals surface area contributed by atoms with Crippen molar-refractivity contribution in [2.45, 2.75) is 31.3 Å². The molecule has 1 aromatic heterocycles. The highest BCUT2D eigenvalue weighted by atomic mass is 35.5. The minimum absolute atomic E-state index is 0.176. The molecule has 112 valence electrons. The summed E-state index contributed by atoms with van der Waals surface area (Å²) < 4.78 is 29.4. The Morgan fingerprint density at radius 1 is 1.14 bits per heavy atom. The molecule has 0 fully saturated rings. The maximum absolute atomic E-state index is 12.9. The summed E-state index contributed by atoms with van der Waals surface area (Å²) in [6.07, 6.45) is 0. The number of hydrogen-bond donors (Lipinski definition) is 0. The molecular weight excluding hydrogens is 308 g/mol. The van der Waals surface area contributed by atoms with Gasteiger partial charge in [0.2, 0.25) is 10.0 Å². The topological polar surface area (TPSA) is 42.3 Å². The van der Waals surface area contributed by atoms with Crippen LogP contribution in [0, 0.1) is 6.92 Å². The molecule has 0 aliphatic carbocycles. The highest BCUT2D eigenvalue weighted by molar-refractivity contribution is 7.89. The van der Waals surface area contributed by atoms with Crippen LogP contribution < -0.4 is 0 Å². The van der Waals surface area contributed by atoms with Crippen molar-refractivity contribution in [1.29, 1.82) is 0 Å². The molecular formula is C15H17ClN2O2S. The second-order valence-corrected chi connectivity index (χ2v) is 7.54. The third-order valence-electron chi connectivity index (χ3n) is 4.06. The summed E-state index contributed by atoms with van der Waals surface area (Å²) in [5, 5.41) is 0.266. The first kappa shape index (κ1) is 14.6. The molecule has 2 aromatic rings. The third kappa shape index (κ3) is 2.29. The summed E-state index contributed by atoms with van der Waals surface area (Å²) in [4.78, 5) is 0.176. The minimum atomic E-state index is -3.59. The standard InChI is InChI=1S/C15H17ClN2O2S/c1-11-7-8-14-12(2)18(10-9-17(11)14)21(19,20)15-6-4-3-5-13(15)16/h3-8,12H,9-10H2,1-2H3/t12-/m1/s1. The van der Waals surface area contributed by atoms with Crippen molar-refractivity contribution >= 4 is 21.6 Å². The Morgan fingerprint density at radius 3 is 2.57 bits per heavy atom. The van der Waals surface area contributed by atoms with E-state index in [9.17, 15) is 8.42 Å². The average molecular weight is 325 g/mol. The van der Waals surface area contributed by atoms with Gasteiger partial charge in [0.1, 0.15) is 4.90 Å². The lowest BCUT2D eigenvalue weighted by Gasteiger charge is -2.34. The van der Waals surface area contributed by atoms with Crippen molar-refractivity contribution in [2.75, 3.05) is 6.54 Å². The van der Waals surface area contributed by atoms with Crippen LogP contribution in [0.2, 0.25) is 5.02 Å². The number of halogens is 1. The lowest BCUT2D eigenvalue weighted by Crippen LogP contribution is -2.41. The van der Waals surface area contributed by atoms with E-state index >= 15 is 0 Å². The van der Waals surface area contributed by atoms with Gasteiger partial charge in [-0.15, -0.1) is 0 Å². The Balaban J connectivity index is 2.04. The normalized spacial score (nSPS) is 19.5. The van der Waals surface area contributed by atoms with E-state index in [0.717, 1.165) is 11.4 Å². The molecule has 1 aliphatic heterocycles. The first-order valence-corrected chi connectivity index (χ1v) is 8.67. The Morgan fingerprint density at radius 2 is 1.86 bits per heavy atom. The molecule has 0 unspecified atom stereocenters. The van der Waals surface area contributed by atoms with E-state index in [1.54, 1.807) is 24.3 Å². The number of hydrogen-bond acceptors (Lipinski definition) is 2. The summed E-state index contributed by atoms with van der Waals surface area (Å²) in [6.45, 7) is 5.08. The van der Waals surface area contributed by atoms with E-state index in [4.69, 9.17) is 11.6 Å². The van der Waals surface area contributed by atoms with Gasteiger partial charge in [0.05, 0.1) is 11.1 Å². The average Bonchev–Trinajstić information content (AvgIpc) is 2.82. The predicted octanol–water partition coefficient (Wildman–Crippen LogP) is 3.22. The fourth-order valence-electron chi connectivity index (χ4n) is 2.91. The lowest BCUT2D eigenvalue weighted by molar-refractivity contribution is 0.280. The van der Waals surface area contributed by atoms with E-state index in [1.165, 1.54) is 4.31 Å². The highest BCUT2D eigenvalue weighted by Crippen LogP contribution is 2.34. The van der Waals surface area contributed by atoms with Gasteiger partial charge in [-0.2, -0.15) is 4.31 Å². The molecule has 0 radical (unpaired) electrons. The maximum Gasteiger partial charge on any atom is 0.245 e. The smallest absolute Gasteiger partial charge is 0.245 e. The van der Waals surface area contributed by atoms with Crippen molar-refractivity contribution in [3.05, 3.63) is 52.8 Å². The number of aromatic nitrogens is 1. The Hall–Kier alpha value is -1.30. The second kappa shape index (κ2) is 5.16. The van der Waals surface area contributed by atoms with Crippen molar-refractivity contribution in [2.24, 2.45) is 0 Å². The SMILES string of the molecule is Cc1ccc2n1CCN(S(=O)(=O)c1ccccc1Cl)[C@@H]2C. The molecule has 21 heavy (non-hydrogen) atoms. The van der Waals surface area contributed by atoms with Gasteiger partial charge in [0.15, 0.2) is 0 Å². The maximum atomic E-state index is 12.9. The third-order valence-corrected chi connectivity index (χ3v) is 6.53. The van der Waals surface area contributed by atoms with Gasteiger partial charge in [-0.1, -0.05) is 23.7 Å². The molecule has 0 spiro atoms. The van der Waals surface area contributed by atoms with Crippen molar-refractivity contribution in [3.63, 3.8) is 0 Å². The van der Waals surface area contributed by atoms with Crippen LogP contribution in [0.1, 0.15) is 24.4 Å². The number of fused-ring (bicyclic) bond motifs is 1. The molecule has 2 heterocycles. The van der Waals surface area contributed by atoms with Gasteiger partial charge in [-0.25, -0.2) is 8.42 Å². The monoisotopic (exact) mass is 324 g/mol. The van der Waals surface area contributed by atoms with Gasteiger partial charge in [0, 0.05) is 24.5 Å². The van der Waals surface area contributed by atoms with Gasteiger partial charge in [-0.3, -0.25) is 0 Å². The van der Waals surface area contributed by atoms with Gasteiger partial charge in [-0.05, 0) is 38.1 Å². The fraction of sp³-hybridized carbons (Fsp3) is 0.333. The summed E-state index contributed by atoms with van der Waals surface area (Å²) in [6, 6.07) is 10.4. The van der Waals surface area contributed by atoms with Crippen molar-refractivity contribution in [3.8, 4) is 0 Å². The van der Waals surface area contributed by atoms with Crippen LogP contribution in [0.15, 0.2) is 41.3 Å². The van der Waals surface area contributed by atoms with Crippen LogP contribution >= 0.6 is 11.6 Å². The van der Waals surface area contributed by atoms with Crippen LogP contribution in [0.5, 0.6) is 0 Å². The molecule has 0 N–H and O–H groups in total. The minimum Gasteiger partial charge on any atom is -0.346 e. The highest BCUT2D eigenvalue weighted by Gasteiger charge is 2.35. The van der Waals surface area contributed by atoms with Crippen molar-refractivity contribution < 1.29 is 8.42 Å². The van der Waals surface area contributed by atoms with Crippen LogP contribution in [-0.4, -0.2) is 23.8 Å². The molecule has 1 aliphatic rings. The number of rotatable bonds is 2. The van der Waals surface area contributed by atoms with Crippen LogP contribution in [0.25, 0.3) is 0 Å². The van der Waals surface area contributed by atoms with Crippen molar-refractivity contribution in [1.82, 2.24) is 8.87 Å².